The Balaban J connectivity index is 2.30. The molecule has 90 valence electrons. The number of primary amides is 1. The summed E-state index contributed by atoms with van der Waals surface area (Å²) >= 11 is 3.31. The summed E-state index contributed by atoms with van der Waals surface area (Å²) in [5.74, 6) is 0.575. The van der Waals surface area contributed by atoms with Crippen molar-refractivity contribution in [2.75, 3.05) is 12.3 Å². The summed E-state index contributed by atoms with van der Waals surface area (Å²) in [5, 5.41) is 5.09. The van der Waals surface area contributed by atoms with Crippen molar-refractivity contribution in [1.82, 2.24) is 10.3 Å². The van der Waals surface area contributed by atoms with Crippen molar-refractivity contribution in [3.63, 3.8) is 0 Å². The molecule has 0 aromatic carbocycles. The van der Waals surface area contributed by atoms with E-state index in [2.05, 4.69) is 10.3 Å². The van der Waals surface area contributed by atoms with Gasteiger partial charge >= 0.3 is 0 Å². The summed E-state index contributed by atoms with van der Waals surface area (Å²) in [6.45, 7) is 4.70. The fraction of sp³-hybridized carbons (Fsp3) is 0.600. The first-order valence-electron chi connectivity index (χ1n) is 5.21. The fourth-order valence-electron chi connectivity index (χ4n) is 1.25. The average Bonchev–Trinajstić information content (AvgIpc) is 2.63. The van der Waals surface area contributed by atoms with Crippen LogP contribution in [0.2, 0.25) is 0 Å². The number of nitrogens with zero attached hydrogens (tertiary/aromatic N) is 1. The van der Waals surface area contributed by atoms with Crippen molar-refractivity contribution < 1.29 is 4.79 Å². The van der Waals surface area contributed by atoms with Gasteiger partial charge in [0.2, 0.25) is 5.91 Å². The van der Waals surface area contributed by atoms with Crippen LogP contribution >= 0.6 is 23.1 Å². The quantitative estimate of drug-likeness (QED) is 0.726. The Morgan fingerprint density at radius 2 is 2.50 bits per heavy atom. The largest absolute Gasteiger partial charge is 0.368 e. The lowest BCUT2D eigenvalue weighted by Crippen LogP contribution is -2.41. The molecule has 0 fully saturated rings. The van der Waals surface area contributed by atoms with Gasteiger partial charge in [0.15, 0.2) is 0 Å². The van der Waals surface area contributed by atoms with Crippen LogP contribution in [-0.4, -0.2) is 29.2 Å². The van der Waals surface area contributed by atoms with Crippen LogP contribution in [0.25, 0.3) is 0 Å². The van der Waals surface area contributed by atoms with Gasteiger partial charge < -0.3 is 11.1 Å². The lowest BCUT2D eigenvalue weighted by Gasteiger charge is -2.12. The number of hydrogen-bond acceptors (Lipinski definition) is 5. The van der Waals surface area contributed by atoms with Crippen molar-refractivity contribution in [1.29, 1.82) is 0 Å². The minimum Gasteiger partial charge on any atom is -0.368 e. The Labute approximate surface area is 104 Å². The molecule has 0 aliphatic heterocycles. The molecule has 0 saturated carbocycles. The van der Waals surface area contributed by atoms with E-state index in [4.69, 9.17) is 5.73 Å². The predicted molar refractivity (Wildman–Crippen MR) is 68.9 cm³/mol. The van der Waals surface area contributed by atoms with E-state index in [0.29, 0.717) is 0 Å². The third-order valence-corrected chi connectivity index (χ3v) is 4.20. The fourth-order valence-corrected chi connectivity index (χ4v) is 3.18. The van der Waals surface area contributed by atoms with Crippen LogP contribution in [0.3, 0.4) is 0 Å². The molecule has 0 bridgehead atoms. The summed E-state index contributed by atoms with van der Waals surface area (Å²) in [7, 11) is 0. The van der Waals surface area contributed by atoms with E-state index < -0.39 is 0 Å². The van der Waals surface area contributed by atoms with Crippen LogP contribution in [0.4, 0.5) is 0 Å². The van der Waals surface area contributed by atoms with Crippen LogP contribution in [-0.2, 0) is 4.79 Å². The first-order valence-corrected chi connectivity index (χ1v) is 7.07. The molecule has 4 nitrogen and oxygen atoms in total. The number of nitrogens with one attached hydrogen (secondary N) is 1. The zero-order chi connectivity index (χ0) is 12.0. The van der Waals surface area contributed by atoms with Gasteiger partial charge in [-0.3, -0.25) is 4.79 Å². The summed E-state index contributed by atoms with van der Waals surface area (Å²) in [5.41, 5.74) is 6.33. The van der Waals surface area contributed by atoms with Crippen LogP contribution in [0, 0.1) is 6.92 Å². The average molecular weight is 259 g/mol. The number of aryl methyl sites for hydroxylation is 1. The van der Waals surface area contributed by atoms with Gasteiger partial charge in [-0.2, -0.15) is 0 Å². The smallest absolute Gasteiger partial charge is 0.234 e. The SMILES string of the molecule is CCNC(CCSc1nc(C)cs1)C(N)=O. The highest BCUT2D eigenvalue weighted by Crippen LogP contribution is 2.23. The van der Waals surface area contributed by atoms with E-state index in [9.17, 15) is 4.79 Å². The molecule has 1 aromatic heterocycles. The van der Waals surface area contributed by atoms with Gasteiger partial charge in [0.1, 0.15) is 4.34 Å². The molecule has 6 heteroatoms. The highest BCUT2D eigenvalue weighted by atomic mass is 32.2. The summed E-state index contributed by atoms with van der Waals surface area (Å²) in [4.78, 5) is 15.4. The van der Waals surface area contributed by atoms with Crippen molar-refractivity contribution in [3.05, 3.63) is 11.1 Å². The van der Waals surface area contributed by atoms with Gasteiger partial charge in [0.05, 0.1) is 6.04 Å². The van der Waals surface area contributed by atoms with E-state index in [1.165, 1.54) is 0 Å². The Bertz CT molecular complexity index is 341. The number of hydrogen-bond donors (Lipinski definition) is 2. The molecule has 1 unspecified atom stereocenters. The molecule has 0 radical (unpaired) electrons. The van der Waals surface area contributed by atoms with Crippen molar-refractivity contribution in [2.24, 2.45) is 5.73 Å². The number of rotatable bonds is 7. The Morgan fingerprint density at radius 3 is 3.00 bits per heavy atom. The van der Waals surface area contributed by atoms with Gasteiger partial charge in [-0.25, -0.2) is 4.98 Å². The number of aromatic nitrogens is 1. The summed E-state index contributed by atoms with van der Waals surface area (Å²) in [6.07, 6.45) is 0.743. The van der Waals surface area contributed by atoms with E-state index in [1.807, 2.05) is 19.2 Å². The number of thiazole rings is 1. The molecule has 16 heavy (non-hydrogen) atoms. The summed E-state index contributed by atoms with van der Waals surface area (Å²) < 4.78 is 1.05. The van der Waals surface area contributed by atoms with Crippen LogP contribution < -0.4 is 11.1 Å². The van der Waals surface area contributed by atoms with Gasteiger partial charge in [-0.05, 0) is 19.9 Å². The molecular weight excluding hydrogens is 242 g/mol. The van der Waals surface area contributed by atoms with Gasteiger partial charge in [-0.15, -0.1) is 11.3 Å². The Kier molecular flexibility index (Phi) is 5.79. The predicted octanol–water partition coefficient (Wildman–Crippen LogP) is 1.40. The van der Waals surface area contributed by atoms with E-state index in [-0.39, 0.29) is 11.9 Å². The van der Waals surface area contributed by atoms with E-state index in [1.54, 1.807) is 23.1 Å². The minimum atomic E-state index is -0.280. The number of carbonyl (C=O) groups excluding carboxylic acids is 1. The second-order valence-corrected chi connectivity index (χ2v) is 5.60. The third-order valence-electron chi connectivity index (χ3n) is 2.02. The Hall–Kier alpha value is -0.590. The number of nitrogens with two attached hydrogens (primary N) is 1. The maximum Gasteiger partial charge on any atom is 0.234 e. The molecule has 1 amide bonds. The van der Waals surface area contributed by atoms with Gasteiger partial charge in [-0.1, -0.05) is 18.7 Å². The van der Waals surface area contributed by atoms with Crippen molar-refractivity contribution >= 4 is 29.0 Å². The minimum absolute atomic E-state index is 0.224. The third kappa shape index (κ3) is 4.51. The van der Waals surface area contributed by atoms with Crippen molar-refractivity contribution in [3.8, 4) is 0 Å². The van der Waals surface area contributed by atoms with Crippen LogP contribution in [0.15, 0.2) is 9.72 Å². The first-order chi connectivity index (χ1) is 7.63. The molecule has 1 heterocycles. The molecular formula is C10H17N3OS2. The molecule has 1 aromatic rings. The molecule has 0 spiro atoms. The number of carbonyl (C=O) groups is 1. The lowest BCUT2D eigenvalue weighted by molar-refractivity contribution is -0.120. The van der Waals surface area contributed by atoms with Crippen LogP contribution in [0.1, 0.15) is 19.0 Å². The molecule has 0 aliphatic carbocycles. The monoisotopic (exact) mass is 259 g/mol. The highest BCUT2D eigenvalue weighted by Gasteiger charge is 2.13. The van der Waals surface area contributed by atoms with Crippen LogP contribution in [0.5, 0.6) is 0 Å². The highest BCUT2D eigenvalue weighted by molar-refractivity contribution is 8.01. The van der Waals surface area contributed by atoms with E-state index in [0.717, 1.165) is 28.8 Å². The van der Waals surface area contributed by atoms with Gasteiger partial charge in [0.25, 0.3) is 0 Å². The number of amides is 1. The molecule has 0 saturated heterocycles. The van der Waals surface area contributed by atoms with E-state index >= 15 is 0 Å². The zero-order valence-corrected chi connectivity index (χ0v) is 11.2. The number of likely N-dealkylation sites (N-methyl/N-ethyl adjacent to an activating group) is 1. The molecule has 1 atom stereocenters. The van der Waals surface area contributed by atoms with Gasteiger partial charge in [0, 0.05) is 16.8 Å². The first kappa shape index (κ1) is 13.5. The van der Waals surface area contributed by atoms with Crippen molar-refractivity contribution in [2.45, 2.75) is 30.6 Å². The Morgan fingerprint density at radius 1 is 1.75 bits per heavy atom. The maximum absolute atomic E-state index is 11.1. The summed E-state index contributed by atoms with van der Waals surface area (Å²) in [6, 6.07) is -0.224. The number of thioether (sulfide) groups is 1. The normalized spacial score (nSPS) is 12.6. The molecule has 0 aliphatic rings. The molecule has 1 rings (SSSR count). The zero-order valence-electron chi connectivity index (χ0n) is 9.53. The lowest BCUT2D eigenvalue weighted by atomic mass is 10.2. The topological polar surface area (TPSA) is 68.0 Å². The second kappa shape index (κ2) is 6.88. The second-order valence-electron chi connectivity index (χ2n) is 3.40. The maximum atomic E-state index is 11.1. The molecule has 3 N–H and O–H groups in total. The standard InChI is InChI=1S/C10H17N3OS2/c1-3-12-8(9(11)14)4-5-15-10-13-7(2)6-16-10/h6,8,12H,3-5H2,1-2H3,(H2,11,14).